The van der Waals surface area contributed by atoms with Crippen molar-refractivity contribution in [2.75, 3.05) is 5.88 Å². The molecule has 0 heterocycles. The van der Waals surface area contributed by atoms with Gasteiger partial charge in [-0.15, -0.1) is 11.6 Å². The first-order valence-corrected chi connectivity index (χ1v) is 6.04. The molecular formula is C13H17ClF2. The van der Waals surface area contributed by atoms with Crippen molar-refractivity contribution in [1.29, 1.82) is 0 Å². The zero-order valence-electron chi connectivity index (χ0n) is 9.69. The standard InChI is InChI=1S/C13H17ClF2/c1-3-6-13(2,9-14)8-10-7-11(15)4-5-12(10)16/h4-5,7H,3,6,8-9H2,1-2H3. The van der Waals surface area contributed by atoms with Gasteiger partial charge in [-0.1, -0.05) is 20.3 Å². The zero-order chi connectivity index (χ0) is 12.2. The fourth-order valence-corrected chi connectivity index (χ4v) is 2.17. The van der Waals surface area contributed by atoms with E-state index in [1.54, 1.807) is 0 Å². The van der Waals surface area contributed by atoms with Gasteiger partial charge < -0.3 is 0 Å². The summed E-state index contributed by atoms with van der Waals surface area (Å²) >= 11 is 5.91. The molecule has 0 aromatic heterocycles. The van der Waals surface area contributed by atoms with Crippen molar-refractivity contribution in [3.05, 3.63) is 35.4 Å². The number of hydrogen-bond donors (Lipinski definition) is 0. The maximum Gasteiger partial charge on any atom is 0.126 e. The predicted octanol–water partition coefficient (Wildman–Crippen LogP) is 4.55. The van der Waals surface area contributed by atoms with E-state index < -0.39 is 5.82 Å². The Morgan fingerprint density at radius 1 is 1.31 bits per heavy atom. The Hall–Kier alpha value is -0.630. The van der Waals surface area contributed by atoms with Crippen molar-refractivity contribution < 1.29 is 8.78 Å². The van der Waals surface area contributed by atoms with E-state index in [0.717, 1.165) is 18.9 Å². The summed E-state index contributed by atoms with van der Waals surface area (Å²) in [5, 5.41) is 0. The number of hydrogen-bond acceptors (Lipinski definition) is 0. The second-order valence-corrected chi connectivity index (χ2v) is 4.87. The molecule has 90 valence electrons. The van der Waals surface area contributed by atoms with Crippen molar-refractivity contribution in [2.24, 2.45) is 5.41 Å². The molecule has 0 fully saturated rings. The Kier molecular flexibility index (Phi) is 4.72. The largest absolute Gasteiger partial charge is 0.207 e. The van der Waals surface area contributed by atoms with E-state index in [2.05, 4.69) is 6.92 Å². The SMILES string of the molecule is CCCC(C)(CCl)Cc1cc(F)ccc1F. The third-order valence-corrected chi connectivity index (χ3v) is 3.45. The van der Waals surface area contributed by atoms with Crippen LogP contribution in [0.2, 0.25) is 0 Å². The van der Waals surface area contributed by atoms with Gasteiger partial charge in [-0.2, -0.15) is 0 Å². The molecule has 1 aromatic carbocycles. The minimum atomic E-state index is -0.398. The lowest BCUT2D eigenvalue weighted by Gasteiger charge is -2.27. The average molecular weight is 247 g/mol. The summed E-state index contributed by atoms with van der Waals surface area (Å²) in [7, 11) is 0. The number of halogens is 3. The average Bonchev–Trinajstić information content (AvgIpc) is 2.24. The van der Waals surface area contributed by atoms with Crippen LogP contribution in [0.4, 0.5) is 8.78 Å². The first-order chi connectivity index (χ1) is 7.50. The molecule has 0 aliphatic carbocycles. The third-order valence-electron chi connectivity index (χ3n) is 2.80. The van der Waals surface area contributed by atoms with Gasteiger partial charge >= 0.3 is 0 Å². The van der Waals surface area contributed by atoms with Gasteiger partial charge in [0.25, 0.3) is 0 Å². The first kappa shape index (κ1) is 13.4. The van der Waals surface area contributed by atoms with Crippen molar-refractivity contribution in [2.45, 2.75) is 33.1 Å². The summed E-state index contributed by atoms with van der Waals surface area (Å²) in [5.74, 6) is -0.296. The topological polar surface area (TPSA) is 0 Å². The normalized spacial score (nSPS) is 14.8. The van der Waals surface area contributed by atoms with Gasteiger partial charge in [-0.25, -0.2) is 8.78 Å². The van der Waals surface area contributed by atoms with Crippen LogP contribution in [0.15, 0.2) is 18.2 Å². The maximum atomic E-state index is 13.5. The van der Waals surface area contributed by atoms with Crippen LogP contribution in [0.25, 0.3) is 0 Å². The van der Waals surface area contributed by atoms with Gasteiger partial charge in [-0.3, -0.25) is 0 Å². The minimum Gasteiger partial charge on any atom is -0.207 e. The van der Waals surface area contributed by atoms with Crippen molar-refractivity contribution >= 4 is 11.6 Å². The van der Waals surface area contributed by atoms with Crippen LogP contribution in [0.1, 0.15) is 32.3 Å². The lowest BCUT2D eigenvalue weighted by atomic mass is 9.81. The second kappa shape index (κ2) is 5.62. The molecule has 0 radical (unpaired) electrons. The highest BCUT2D eigenvalue weighted by atomic mass is 35.5. The third kappa shape index (κ3) is 3.44. The molecule has 0 spiro atoms. The highest BCUT2D eigenvalue weighted by molar-refractivity contribution is 6.18. The van der Waals surface area contributed by atoms with Gasteiger partial charge in [0, 0.05) is 5.88 Å². The summed E-state index contributed by atoms with van der Waals surface area (Å²) in [4.78, 5) is 0. The van der Waals surface area contributed by atoms with Gasteiger partial charge in [0.2, 0.25) is 0 Å². The molecule has 16 heavy (non-hydrogen) atoms. The summed E-state index contributed by atoms with van der Waals surface area (Å²) in [6.07, 6.45) is 2.38. The maximum absolute atomic E-state index is 13.5. The molecule has 0 aliphatic heterocycles. The molecular weight excluding hydrogens is 230 g/mol. The van der Waals surface area contributed by atoms with E-state index in [0.29, 0.717) is 17.9 Å². The molecule has 0 N–H and O–H groups in total. The van der Waals surface area contributed by atoms with E-state index >= 15 is 0 Å². The van der Waals surface area contributed by atoms with Gasteiger partial charge in [0.05, 0.1) is 0 Å². The lowest BCUT2D eigenvalue weighted by Crippen LogP contribution is -2.22. The van der Waals surface area contributed by atoms with Crippen LogP contribution in [0.5, 0.6) is 0 Å². The van der Waals surface area contributed by atoms with Gasteiger partial charge in [0.15, 0.2) is 0 Å². The van der Waals surface area contributed by atoms with E-state index in [4.69, 9.17) is 11.6 Å². The molecule has 0 aliphatic rings. The van der Waals surface area contributed by atoms with Crippen LogP contribution < -0.4 is 0 Å². The Labute approximate surface area is 101 Å². The molecule has 1 aromatic rings. The van der Waals surface area contributed by atoms with E-state index in [1.807, 2.05) is 6.92 Å². The Morgan fingerprint density at radius 3 is 2.56 bits per heavy atom. The minimum absolute atomic E-state index is 0.162. The quantitative estimate of drug-likeness (QED) is 0.669. The molecule has 0 nitrogen and oxygen atoms in total. The summed E-state index contributed by atoms with van der Waals surface area (Å²) < 4.78 is 26.5. The highest BCUT2D eigenvalue weighted by Gasteiger charge is 2.24. The van der Waals surface area contributed by atoms with Gasteiger partial charge in [-0.05, 0) is 42.0 Å². The van der Waals surface area contributed by atoms with Crippen molar-refractivity contribution in [3.8, 4) is 0 Å². The second-order valence-electron chi connectivity index (χ2n) is 4.61. The number of rotatable bonds is 5. The molecule has 0 amide bonds. The smallest absolute Gasteiger partial charge is 0.126 e. The van der Waals surface area contributed by atoms with E-state index in [-0.39, 0.29) is 11.2 Å². The number of alkyl halides is 1. The van der Waals surface area contributed by atoms with E-state index in [1.165, 1.54) is 12.1 Å². The summed E-state index contributed by atoms with van der Waals surface area (Å²) in [6.45, 7) is 4.07. The fraction of sp³-hybridized carbons (Fsp3) is 0.538. The molecule has 1 atom stereocenters. The van der Waals surface area contributed by atoms with Gasteiger partial charge in [0.1, 0.15) is 11.6 Å². The molecule has 0 saturated carbocycles. The van der Waals surface area contributed by atoms with Crippen LogP contribution in [-0.4, -0.2) is 5.88 Å². The molecule has 3 heteroatoms. The zero-order valence-corrected chi connectivity index (χ0v) is 10.5. The summed E-state index contributed by atoms with van der Waals surface area (Å²) in [5.41, 5.74) is 0.252. The monoisotopic (exact) mass is 246 g/mol. The summed E-state index contributed by atoms with van der Waals surface area (Å²) in [6, 6.07) is 3.57. The Morgan fingerprint density at radius 2 is 2.00 bits per heavy atom. The molecule has 0 saturated heterocycles. The Balaban J connectivity index is 2.89. The fourth-order valence-electron chi connectivity index (χ4n) is 1.94. The van der Waals surface area contributed by atoms with Crippen LogP contribution >= 0.6 is 11.6 Å². The first-order valence-electron chi connectivity index (χ1n) is 5.50. The lowest BCUT2D eigenvalue weighted by molar-refractivity contribution is 0.329. The van der Waals surface area contributed by atoms with Crippen molar-refractivity contribution in [1.82, 2.24) is 0 Å². The van der Waals surface area contributed by atoms with Crippen LogP contribution in [0.3, 0.4) is 0 Å². The van der Waals surface area contributed by atoms with Crippen LogP contribution in [0, 0.1) is 17.0 Å². The Bertz CT molecular complexity index is 352. The number of benzene rings is 1. The van der Waals surface area contributed by atoms with E-state index in [9.17, 15) is 8.78 Å². The predicted molar refractivity (Wildman–Crippen MR) is 63.8 cm³/mol. The molecule has 1 unspecified atom stereocenters. The highest BCUT2D eigenvalue weighted by Crippen LogP contribution is 2.30. The molecule has 1 rings (SSSR count). The van der Waals surface area contributed by atoms with Crippen molar-refractivity contribution in [3.63, 3.8) is 0 Å². The molecule has 0 bridgehead atoms. The van der Waals surface area contributed by atoms with Crippen LogP contribution in [-0.2, 0) is 6.42 Å².